The van der Waals surface area contributed by atoms with Crippen molar-refractivity contribution in [1.29, 1.82) is 0 Å². The van der Waals surface area contributed by atoms with Gasteiger partial charge in [0.15, 0.2) is 0 Å². The Morgan fingerprint density at radius 3 is 2.63 bits per heavy atom. The molecule has 0 heterocycles. The number of rotatable bonds is 7. The van der Waals surface area contributed by atoms with E-state index in [1.54, 1.807) is 0 Å². The van der Waals surface area contributed by atoms with Crippen molar-refractivity contribution in [2.45, 2.75) is 39.7 Å². The molecule has 1 aromatic rings. The van der Waals surface area contributed by atoms with Gasteiger partial charge in [0.2, 0.25) is 5.91 Å². The summed E-state index contributed by atoms with van der Waals surface area (Å²) in [6, 6.07) is 7.97. The van der Waals surface area contributed by atoms with Crippen LogP contribution in [0.1, 0.15) is 33.6 Å². The molecule has 0 aliphatic carbocycles. The molecule has 1 atom stereocenters. The van der Waals surface area contributed by atoms with Crippen LogP contribution in [0.5, 0.6) is 0 Å². The van der Waals surface area contributed by atoms with Gasteiger partial charge in [0, 0.05) is 16.2 Å². The van der Waals surface area contributed by atoms with E-state index in [1.807, 2.05) is 24.3 Å². The maximum Gasteiger partial charge on any atom is 0.238 e. The van der Waals surface area contributed by atoms with Crippen LogP contribution in [0.4, 0.5) is 5.69 Å². The van der Waals surface area contributed by atoms with E-state index < -0.39 is 0 Å². The Labute approximate surface area is 124 Å². The lowest BCUT2D eigenvalue weighted by Crippen LogP contribution is -2.34. The molecular weight excluding hydrogens is 304 g/mol. The minimum atomic E-state index is -0.00510. The van der Waals surface area contributed by atoms with E-state index in [4.69, 9.17) is 0 Å². The number of carbonyl (C=O) groups excluding carboxylic acids is 1. The van der Waals surface area contributed by atoms with Crippen LogP contribution in [0, 0.1) is 5.92 Å². The van der Waals surface area contributed by atoms with Gasteiger partial charge in [-0.25, -0.2) is 0 Å². The zero-order valence-electron chi connectivity index (χ0n) is 11.9. The van der Waals surface area contributed by atoms with E-state index >= 15 is 0 Å². The predicted octanol–water partition coefficient (Wildman–Crippen LogP) is 3.80. The van der Waals surface area contributed by atoms with Crippen molar-refractivity contribution in [3.05, 3.63) is 28.7 Å². The first kappa shape index (κ1) is 16.2. The molecule has 0 aliphatic heterocycles. The van der Waals surface area contributed by atoms with Crippen molar-refractivity contribution in [2.24, 2.45) is 5.92 Å². The summed E-state index contributed by atoms with van der Waals surface area (Å²) in [6.07, 6.45) is 2.28. The van der Waals surface area contributed by atoms with E-state index in [9.17, 15) is 4.79 Å². The van der Waals surface area contributed by atoms with Crippen molar-refractivity contribution in [1.82, 2.24) is 5.32 Å². The summed E-state index contributed by atoms with van der Waals surface area (Å²) < 4.78 is 0.962. The molecule has 0 radical (unpaired) electrons. The number of carbonyl (C=O) groups is 1. The van der Waals surface area contributed by atoms with Gasteiger partial charge in [-0.1, -0.05) is 35.8 Å². The zero-order chi connectivity index (χ0) is 14.3. The fourth-order valence-electron chi connectivity index (χ4n) is 1.72. The monoisotopic (exact) mass is 326 g/mol. The number of anilines is 1. The summed E-state index contributed by atoms with van der Waals surface area (Å²) >= 11 is 3.38. The number of benzene rings is 1. The largest absolute Gasteiger partial charge is 0.325 e. The van der Waals surface area contributed by atoms with Gasteiger partial charge >= 0.3 is 0 Å². The lowest BCUT2D eigenvalue weighted by molar-refractivity contribution is -0.115. The molecule has 2 N–H and O–H groups in total. The molecule has 4 heteroatoms. The molecule has 1 unspecified atom stereocenters. The van der Waals surface area contributed by atoms with E-state index in [2.05, 4.69) is 47.3 Å². The van der Waals surface area contributed by atoms with Gasteiger partial charge in [-0.05, 0) is 43.9 Å². The minimum Gasteiger partial charge on any atom is -0.325 e. The summed E-state index contributed by atoms with van der Waals surface area (Å²) in [6.45, 7) is 6.90. The Hall–Kier alpha value is -0.870. The van der Waals surface area contributed by atoms with E-state index in [0.29, 0.717) is 18.5 Å². The molecule has 19 heavy (non-hydrogen) atoms. The van der Waals surface area contributed by atoms with Crippen LogP contribution in [0.25, 0.3) is 0 Å². The fourth-order valence-corrected chi connectivity index (χ4v) is 2.12. The van der Waals surface area contributed by atoms with E-state index in [1.165, 1.54) is 6.42 Å². The zero-order valence-corrected chi connectivity index (χ0v) is 13.5. The fraction of sp³-hybridized carbons (Fsp3) is 0.533. The molecule has 0 bridgehead atoms. The predicted molar refractivity (Wildman–Crippen MR) is 84.3 cm³/mol. The Kier molecular flexibility index (Phi) is 7.10. The molecular formula is C15H23BrN2O. The molecule has 0 spiro atoms. The second-order valence-corrected chi connectivity index (χ2v) is 6.23. The first-order valence-electron chi connectivity index (χ1n) is 6.76. The van der Waals surface area contributed by atoms with Crippen molar-refractivity contribution < 1.29 is 4.79 Å². The highest BCUT2D eigenvalue weighted by atomic mass is 79.9. The summed E-state index contributed by atoms with van der Waals surface area (Å²) in [5, 5.41) is 6.12. The van der Waals surface area contributed by atoms with Crippen LogP contribution in [-0.2, 0) is 4.79 Å². The highest BCUT2D eigenvalue weighted by Crippen LogP contribution is 2.15. The number of halogens is 1. The quantitative estimate of drug-likeness (QED) is 0.800. The van der Waals surface area contributed by atoms with Crippen LogP contribution in [0.15, 0.2) is 28.7 Å². The number of hydrogen-bond donors (Lipinski definition) is 2. The Morgan fingerprint density at radius 1 is 1.26 bits per heavy atom. The van der Waals surface area contributed by atoms with Crippen LogP contribution in [-0.4, -0.2) is 18.5 Å². The summed E-state index contributed by atoms with van der Waals surface area (Å²) in [7, 11) is 0. The lowest BCUT2D eigenvalue weighted by Gasteiger charge is -2.14. The van der Waals surface area contributed by atoms with Crippen LogP contribution in [0.3, 0.4) is 0 Å². The highest BCUT2D eigenvalue weighted by Gasteiger charge is 2.07. The number of nitrogens with one attached hydrogen (secondary N) is 2. The van der Waals surface area contributed by atoms with Crippen LogP contribution in [0.2, 0.25) is 0 Å². The third kappa shape index (κ3) is 7.33. The second kappa shape index (κ2) is 8.33. The van der Waals surface area contributed by atoms with E-state index in [-0.39, 0.29) is 5.91 Å². The van der Waals surface area contributed by atoms with Crippen LogP contribution >= 0.6 is 15.9 Å². The standard InChI is InChI=1S/C15H23BrN2O/c1-11(2)7-8-12(3)17-10-15(19)18-14-6-4-5-13(16)9-14/h4-6,9,11-12,17H,7-8,10H2,1-3H3,(H,18,19). The summed E-state index contributed by atoms with van der Waals surface area (Å²) in [5.41, 5.74) is 0.816. The lowest BCUT2D eigenvalue weighted by atomic mass is 10.0. The SMILES string of the molecule is CC(C)CCC(C)NCC(=O)Nc1cccc(Br)c1. The minimum absolute atomic E-state index is 0.00510. The molecule has 0 saturated carbocycles. The average Bonchev–Trinajstić information content (AvgIpc) is 2.34. The molecule has 0 aromatic heterocycles. The third-order valence-corrected chi connectivity index (χ3v) is 3.39. The molecule has 1 amide bonds. The second-order valence-electron chi connectivity index (χ2n) is 5.31. The average molecular weight is 327 g/mol. The first-order chi connectivity index (χ1) is 8.97. The van der Waals surface area contributed by atoms with Gasteiger partial charge in [-0.15, -0.1) is 0 Å². The van der Waals surface area contributed by atoms with Crippen molar-refractivity contribution in [3.8, 4) is 0 Å². The molecule has 1 aromatic carbocycles. The van der Waals surface area contributed by atoms with Gasteiger partial charge < -0.3 is 10.6 Å². The summed E-state index contributed by atoms with van der Waals surface area (Å²) in [4.78, 5) is 11.8. The van der Waals surface area contributed by atoms with Gasteiger partial charge in [0.05, 0.1) is 6.54 Å². The maximum absolute atomic E-state index is 11.8. The molecule has 0 aliphatic rings. The molecule has 3 nitrogen and oxygen atoms in total. The van der Waals surface area contributed by atoms with Crippen molar-refractivity contribution in [2.75, 3.05) is 11.9 Å². The van der Waals surface area contributed by atoms with Crippen molar-refractivity contribution >= 4 is 27.5 Å². The van der Waals surface area contributed by atoms with Crippen LogP contribution < -0.4 is 10.6 Å². The molecule has 0 saturated heterocycles. The number of hydrogen-bond acceptors (Lipinski definition) is 2. The maximum atomic E-state index is 11.8. The van der Waals surface area contributed by atoms with Gasteiger partial charge in [-0.3, -0.25) is 4.79 Å². The topological polar surface area (TPSA) is 41.1 Å². The highest BCUT2D eigenvalue weighted by molar-refractivity contribution is 9.10. The van der Waals surface area contributed by atoms with Gasteiger partial charge in [0.1, 0.15) is 0 Å². The molecule has 106 valence electrons. The van der Waals surface area contributed by atoms with E-state index in [0.717, 1.165) is 16.6 Å². The third-order valence-electron chi connectivity index (χ3n) is 2.90. The van der Waals surface area contributed by atoms with Gasteiger partial charge in [-0.2, -0.15) is 0 Å². The van der Waals surface area contributed by atoms with Crippen molar-refractivity contribution in [3.63, 3.8) is 0 Å². The Morgan fingerprint density at radius 2 is 2.00 bits per heavy atom. The summed E-state index contributed by atoms with van der Waals surface area (Å²) in [5.74, 6) is 0.703. The Bertz CT molecular complexity index is 407. The Balaban J connectivity index is 2.28. The smallest absolute Gasteiger partial charge is 0.238 e. The van der Waals surface area contributed by atoms with Gasteiger partial charge in [0.25, 0.3) is 0 Å². The normalized spacial score (nSPS) is 12.5. The first-order valence-corrected chi connectivity index (χ1v) is 7.55. The molecule has 1 rings (SSSR count). The number of amides is 1. The molecule has 0 fully saturated rings.